The molecule has 1 aromatic heterocycles. The normalized spacial score (nSPS) is 17.4. The SMILES string of the molecule is Cn1cccc1C1CCCN1CC(=O)NC(=O)NCc1ccccc1. The molecule has 0 spiro atoms. The van der Waals surface area contributed by atoms with Crippen molar-refractivity contribution in [3.63, 3.8) is 0 Å². The molecule has 1 atom stereocenters. The van der Waals surface area contributed by atoms with Crippen LogP contribution >= 0.6 is 0 Å². The van der Waals surface area contributed by atoms with Crippen molar-refractivity contribution in [3.8, 4) is 0 Å². The molecule has 2 heterocycles. The second kappa shape index (κ2) is 7.98. The van der Waals surface area contributed by atoms with Gasteiger partial charge in [0.1, 0.15) is 0 Å². The molecule has 3 rings (SSSR count). The lowest BCUT2D eigenvalue weighted by atomic mass is 10.1. The highest BCUT2D eigenvalue weighted by molar-refractivity contribution is 5.95. The van der Waals surface area contributed by atoms with Crippen molar-refractivity contribution in [2.45, 2.75) is 25.4 Å². The first-order valence-electron chi connectivity index (χ1n) is 8.60. The summed E-state index contributed by atoms with van der Waals surface area (Å²) in [7, 11) is 2.02. The highest BCUT2D eigenvalue weighted by Gasteiger charge is 2.29. The number of amides is 3. The van der Waals surface area contributed by atoms with Gasteiger partial charge in [0.25, 0.3) is 0 Å². The van der Waals surface area contributed by atoms with E-state index in [1.54, 1.807) is 0 Å². The van der Waals surface area contributed by atoms with Crippen LogP contribution in [-0.2, 0) is 18.4 Å². The number of aromatic nitrogens is 1. The molecule has 1 unspecified atom stereocenters. The van der Waals surface area contributed by atoms with Crippen LogP contribution < -0.4 is 10.6 Å². The van der Waals surface area contributed by atoms with Crippen LogP contribution in [0.15, 0.2) is 48.7 Å². The van der Waals surface area contributed by atoms with Crippen molar-refractivity contribution >= 4 is 11.9 Å². The molecule has 2 aromatic rings. The molecular weight excluding hydrogens is 316 g/mol. The van der Waals surface area contributed by atoms with E-state index in [1.807, 2.05) is 49.6 Å². The highest BCUT2D eigenvalue weighted by Crippen LogP contribution is 2.31. The van der Waals surface area contributed by atoms with Gasteiger partial charge < -0.3 is 9.88 Å². The second-order valence-electron chi connectivity index (χ2n) is 6.39. The summed E-state index contributed by atoms with van der Waals surface area (Å²) in [5.74, 6) is -0.272. The standard InChI is InChI=1S/C19H24N4O2/c1-22-11-5-9-16(22)17-10-6-12-23(17)14-18(24)21-19(25)20-13-15-7-3-2-4-8-15/h2-5,7-9,11,17H,6,10,12-14H2,1H3,(H2,20,21,24,25). The molecule has 2 N–H and O–H groups in total. The molecular formula is C19H24N4O2. The van der Waals surface area contributed by atoms with Crippen molar-refractivity contribution in [2.75, 3.05) is 13.1 Å². The van der Waals surface area contributed by atoms with Crippen LogP contribution in [0.1, 0.15) is 30.1 Å². The molecule has 1 fully saturated rings. The van der Waals surface area contributed by atoms with E-state index >= 15 is 0 Å². The Balaban J connectivity index is 1.48. The minimum atomic E-state index is -0.455. The van der Waals surface area contributed by atoms with E-state index in [-0.39, 0.29) is 18.5 Å². The average Bonchev–Trinajstić information content (AvgIpc) is 3.22. The van der Waals surface area contributed by atoms with Crippen LogP contribution in [0, 0.1) is 0 Å². The van der Waals surface area contributed by atoms with Crippen LogP contribution in [0.2, 0.25) is 0 Å². The van der Waals surface area contributed by atoms with Gasteiger partial charge >= 0.3 is 6.03 Å². The number of carbonyl (C=O) groups is 2. The smallest absolute Gasteiger partial charge is 0.321 e. The van der Waals surface area contributed by atoms with Gasteiger partial charge in [0.15, 0.2) is 0 Å². The van der Waals surface area contributed by atoms with Crippen LogP contribution in [0.3, 0.4) is 0 Å². The molecule has 0 radical (unpaired) electrons. The topological polar surface area (TPSA) is 66.4 Å². The lowest BCUT2D eigenvalue weighted by Crippen LogP contribution is -2.44. The summed E-state index contributed by atoms with van der Waals surface area (Å²) >= 11 is 0. The third kappa shape index (κ3) is 4.48. The van der Waals surface area contributed by atoms with Gasteiger partial charge in [-0.05, 0) is 37.1 Å². The summed E-state index contributed by atoms with van der Waals surface area (Å²) in [6.45, 7) is 1.50. The van der Waals surface area contributed by atoms with Gasteiger partial charge in [0.2, 0.25) is 5.91 Å². The van der Waals surface area contributed by atoms with Crippen LogP contribution in [0.4, 0.5) is 4.79 Å². The Morgan fingerprint density at radius 1 is 1.16 bits per heavy atom. The van der Waals surface area contributed by atoms with Gasteiger partial charge in [0, 0.05) is 25.5 Å². The predicted octanol–water partition coefficient (Wildman–Crippen LogP) is 2.19. The maximum Gasteiger partial charge on any atom is 0.321 e. The first-order chi connectivity index (χ1) is 12.1. The van der Waals surface area contributed by atoms with Gasteiger partial charge in [-0.2, -0.15) is 0 Å². The Morgan fingerprint density at radius 3 is 2.68 bits per heavy atom. The number of imide groups is 1. The molecule has 6 nitrogen and oxygen atoms in total. The Morgan fingerprint density at radius 2 is 1.96 bits per heavy atom. The van der Waals surface area contributed by atoms with Crippen molar-refractivity contribution in [1.29, 1.82) is 0 Å². The number of nitrogens with one attached hydrogen (secondary N) is 2. The van der Waals surface area contributed by atoms with E-state index in [2.05, 4.69) is 26.2 Å². The van der Waals surface area contributed by atoms with E-state index < -0.39 is 6.03 Å². The van der Waals surface area contributed by atoms with Crippen molar-refractivity contribution in [3.05, 3.63) is 59.9 Å². The molecule has 1 aliphatic rings. The summed E-state index contributed by atoms with van der Waals surface area (Å²) in [5.41, 5.74) is 2.20. The van der Waals surface area contributed by atoms with Gasteiger partial charge in [-0.3, -0.25) is 15.0 Å². The third-order valence-electron chi connectivity index (χ3n) is 4.58. The zero-order chi connectivity index (χ0) is 17.6. The number of hydrogen-bond donors (Lipinski definition) is 2. The number of nitrogens with zero attached hydrogens (tertiary/aromatic N) is 2. The van der Waals surface area contributed by atoms with E-state index in [4.69, 9.17) is 0 Å². The van der Waals surface area contributed by atoms with Crippen molar-refractivity contribution < 1.29 is 9.59 Å². The number of rotatable bonds is 5. The van der Waals surface area contributed by atoms with Gasteiger partial charge in [-0.15, -0.1) is 0 Å². The Bertz CT molecular complexity index is 726. The Labute approximate surface area is 147 Å². The second-order valence-corrected chi connectivity index (χ2v) is 6.39. The molecule has 1 aromatic carbocycles. The van der Waals surface area contributed by atoms with Gasteiger partial charge in [-0.25, -0.2) is 4.79 Å². The van der Waals surface area contributed by atoms with Gasteiger partial charge in [0.05, 0.1) is 12.6 Å². The van der Waals surface area contributed by atoms with E-state index in [9.17, 15) is 9.59 Å². The first-order valence-corrected chi connectivity index (χ1v) is 8.60. The predicted molar refractivity (Wildman–Crippen MR) is 95.8 cm³/mol. The lowest BCUT2D eigenvalue weighted by molar-refractivity contribution is -0.121. The third-order valence-corrected chi connectivity index (χ3v) is 4.58. The summed E-state index contributed by atoms with van der Waals surface area (Å²) in [5, 5.41) is 5.13. The molecule has 1 saturated heterocycles. The Hall–Kier alpha value is -2.60. The summed E-state index contributed by atoms with van der Waals surface area (Å²) in [6.07, 6.45) is 4.11. The first kappa shape index (κ1) is 17.2. The molecule has 132 valence electrons. The number of urea groups is 1. The maximum absolute atomic E-state index is 12.2. The number of hydrogen-bond acceptors (Lipinski definition) is 3. The summed E-state index contributed by atoms with van der Waals surface area (Å²) in [6, 6.07) is 13.5. The zero-order valence-electron chi connectivity index (χ0n) is 14.4. The zero-order valence-corrected chi connectivity index (χ0v) is 14.4. The number of carbonyl (C=O) groups excluding carboxylic acids is 2. The average molecular weight is 340 g/mol. The Kier molecular flexibility index (Phi) is 5.50. The minimum Gasteiger partial charge on any atom is -0.353 e. The monoisotopic (exact) mass is 340 g/mol. The number of likely N-dealkylation sites (tertiary alicyclic amines) is 1. The lowest BCUT2D eigenvalue weighted by Gasteiger charge is -2.24. The van der Waals surface area contributed by atoms with Gasteiger partial charge in [-0.1, -0.05) is 30.3 Å². The summed E-state index contributed by atoms with van der Waals surface area (Å²) in [4.78, 5) is 26.2. The number of benzene rings is 1. The summed E-state index contributed by atoms with van der Waals surface area (Å²) < 4.78 is 2.09. The quantitative estimate of drug-likeness (QED) is 0.877. The van der Waals surface area contributed by atoms with Crippen LogP contribution in [0.5, 0.6) is 0 Å². The molecule has 3 amide bonds. The molecule has 0 aliphatic carbocycles. The highest BCUT2D eigenvalue weighted by atomic mass is 16.2. The fraction of sp³-hybridized carbons (Fsp3) is 0.368. The van der Waals surface area contributed by atoms with Crippen LogP contribution in [-0.4, -0.2) is 34.5 Å². The molecule has 25 heavy (non-hydrogen) atoms. The molecule has 6 heteroatoms. The minimum absolute atomic E-state index is 0.231. The maximum atomic E-state index is 12.2. The van der Waals surface area contributed by atoms with E-state index in [1.165, 1.54) is 5.69 Å². The fourth-order valence-electron chi connectivity index (χ4n) is 3.34. The molecule has 0 saturated carbocycles. The fourth-order valence-corrected chi connectivity index (χ4v) is 3.34. The molecule has 1 aliphatic heterocycles. The van der Waals surface area contributed by atoms with E-state index in [0.29, 0.717) is 6.54 Å². The molecule has 0 bridgehead atoms. The van der Waals surface area contributed by atoms with Crippen LogP contribution in [0.25, 0.3) is 0 Å². The number of aryl methyl sites for hydroxylation is 1. The largest absolute Gasteiger partial charge is 0.353 e. The van der Waals surface area contributed by atoms with Crippen molar-refractivity contribution in [2.24, 2.45) is 7.05 Å². The van der Waals surface area contributed by atoms with Crippen molar-refractivity contribution in [1.82, 2.24) is 20.1 Å². The van der Waals surface area contributed by atoms with E-state index in [0.717, 1.165) is 24.9 Å².